The minimum Gasteiger partial charge on any atom is -0.497 e. The average Bonchev–Trinajstić information content (AvgIpc) is 2.90. The Morgan fingerprint density at radius 1 is 1.00 bits per heavy atom. The Bertz CT molecular complexity index is 757. The minimum atomic E-state index is 0.744. The van der Waals surface area contributed by atoms with E-state index in [1.54, 1.807) is 7.11 Å². The molecule has 0 unspecified atom stereocenters. The van der Waals surface area contributed by atoms with E-state index in [4.69, 9.17) is 17.0 Å². The summed E-state index contributed by atoms with van der Waals surface area (Å²) in [6.45, 7) is 0. The van der Waals surface area contributed by atoms with E-state index in [1.807, 2.05) is 53.2 Å². The monoisotopic (exact) mass is 282 g/mol. The van der Waals surface area contributed by atoms with Crippen LogP contribution in [0.2, 0.25) is 0 Å². The molecule has 0 saturated heterocycles. The highest BCUT2D eigenvalue weighted by Gasteiger charge is 2.04. The van der Waals surface area contributed by atoms with Crippen molar-refractivity contribution in [1.29, 1.82) is 0 Å². The lowest BCUT2D eigenvalue weighted by Gasteiger charge is -2.05. The van der Waals surface area contributed by atoms with Crippen LogP contribution in [0.15, 0.2) is 60.7 Å². The van der Waals surface area contributed by atoms with E-state index in [0.29, 0.717) is 0 Å². The summed E-state index contributed by atoms with van der Waals surface area (Å²) in [6.07, 6.45) is 0. The zero-order valence-electron chi connectivity index (χ0n) is 11.0. The van der Waals surface area contributed by atoms with Crippen molar-refractivity contribution in [3.63, 3.8) is 0 Å². The number of benzene rings is 2. The first-order valence-electron chi connectivity index (χ1n) is 6.30. The number of ether oxygens (including phenoxy) is 1. The Hall–Kier alpha value is -2.33. The van der Waals surface area contributed by atoms with Gasteiger partial charge in [0, 0.05) is 6.07 Å². The van der Waals surface area contributed by atoms with Gasteiger partial charge in [-0.15, -0.1) is 0 Å². The van der Waals surface area contributed by atoms with Crippen molar-refractivity contribution in [3.05, 3.63) is 65.3 Å². The first kappa shape index (κ1) is 12.7. The summed E-state index contributed by atoms with van der Waals surface area (Å²) in [5, 5.41) is 3.32. The molecule has 1 aromatic heterocycles. The molecular weight excluding hydrogens is 268 g/mol. The lowest BCUT2D eigenvalue weighted by Crippen LogP contribution is -1.96. The van der Waals surface area contributed by atoms with Gasteiger partial charge in [0.1, 0.15) is 10.4 Å². The predicted molar refractivity (Wildman–Crippen MR) is 82.9 cm³/mol. The van der Waals surface area contributed by atoms with Crippen LogP contribution in [0.5, 0.6) is 5.75 Å². The summed E-state index contributed by atoms with van der Waals surface area (Å²) in [5.41, 5.74) is 3.11. The number of H-pyrrole nitrogens is 1. The highest BCUT2D eigenvalue weighted by molar-refractivity contribution is 7.71. The third kappa shape index (κ3) is 2.38. The predicted octanol–water partition coefficient (Wildman–Crippen LogP) is 4.21. The van der Waals surface area contributed by atoms with Crippen LogP contribution in [0.1, 0.15) is 0 Å². The molecule has 3 rings (SSSR count). The Morgan fingerprint density at radius 2 is 1.70 bits per heavy atom. The summed E-state index contributed by atoms with van der Waals surface area (Å²) in [4.78, 5) is 0. The molecule has 2 aromatic carbocycles. The van der Waals surface area contributed by atoms with Gasteiger partial charge < -0.3 is 4.74 Å². The van der Waals surface area contributed by atoms with Crippen LogP contribution in [0.25, 0.3) is 16.9 Å². The second-order valence-corrected chi connectivity index (χ2v) is 4.83. The standard InChI is InChI=1S/C16H14N2OS/c1-19-14-9-7-13(8-10-14)18-16(20)11-15(17-18)12-5-3-2-4-6-12/h2-11,17H,1H3. The quantitative estimate of drug-likeness (QED) is 0.729. The fourth-order valence-corrected chi connectivity index (χ4v) is 2.35. The van der Waals surface area contributed by atoms with Crippen molar-refractivity contribution in [2.45, 2.75) is 0 Å². The van der Waals surface area contributed by atoms with Crippen LogP contribution in [0, 0.1) is 4.64 Å². The molecule has 0 atom stereocenters. The van der Waals surface area contributed by atoms with Crippen molar-refractivity contribution in [2.24, 2.45) is 0 Å². The molecule has 1 heterocycles. The second-order valence-electron chi connectivity index (χ2n) is 4.41. The molecule has 0 fully saturated rings. The third-order valence-corrected chi connectivity index (χ3v) is 3.44. The summed E-state index contributed by atoms with van der Waals surface area (Å²) in [7, 11) is 1.66. The van der Waals surface area contributed by atoms with E-state index in [-0.39, 0.29) is 0 Å². The molecule has 0 amide bonds. The van der Waals surface area contributed by atoms with Crippen LogP contribution in [-0.4, -0.2) is 16.9 Å². The van der Waals surface area contributed by atoms with Gasteiger partial charge in [-0.1, -0.05) is 42.5 Å². The number of methoxy groups -OCH3 is 1. The Kier molecular flexibility index (Phi) is 3.39. The van der Waals surface area contributed by atoms with Gasteiger partial charge in [-0.25, -0.2) is 4.68 Å². The zero-order valence-corrected chi connectivity index (χ0v) is 11.9. The molecule has 0 radical (unpaired) electrons. The lowest BCUT2D eigenvalue weighted by atomic mass is 10.2. The SMILES string of the molecule is COc1ccc(-n2[nH]c(-c3ccccc3)cc2=S)cc1. The largest absolute Gasteiger partial charge is 0.497 e. The molecule has 0 aliphatic carbocycles. The smallest absolute Gasteiger partial charge is 0.128 e. The molecule has 0 spiro atoms. The van der Waals surface area contributed by atoms with Crippen molar-refractivity contribution < 1.29 is 4.74 Å². The molecule has 3 aromatic rings. The van der Waals surface area contributed by atoms with Gasteiger partial charge in [-0.3, -0.25) is 5.10 Å². The maximum Gasteiger partial charge on any atom is 0.128 e. The van der Waals surface area contributed by atoms with Gasteiger partial charge in [0.2, 0.25) is 0 Å². The summed E-state index contributed by atoms with van der Waals surface area (Å²) in [6, 6.07) is 19.9. The van der Waals surface area contributed by atoms with Crippen molar-refractivity contribution in [3.8, 4) is 22.7 Å². The molecule has 3 nitrogen and oxygen atoms in total. The number of aromatic amines is 1. The molecule has 20 heavy (non-hydrogen) atoms. The molecule has 0 bridgehead atoms. The van der Waals surface area contributed by atoms with Gasteiger partial charge in [0.15, 0.2) is 0 Å². The summed E-state index contributed by atoms with van der Waals surface area (Å²) in [5.74, 6) is 0.829. The van der Waals surface area contributed by atoms with Crippen LogP contribution in [0.4, 0.5) is 0 Å². The van der Waals surface area contributed by atoms with Gasteiger partial charge in [0.25, 0.3) is 0 Å². The number of aromatic nitrogens is 2. The molecule has 100 valence electrons. The third-order valence-electron chi connectivity index (χ3n) is 3.14. The first-order valence-corrected chi connectivity index (χ1v) is 6.70. The van der Waals surface area contributed by atoms with Crippen molar-refractivity contribution in [2.75, 3.05) is 7.11 Å². The van der Waals surface area contributed by atoms with Crippen molar-refractivity contribution in [1.82, 2.24) is 9.78 Å². The van der Waals surface area contributed by atoms with Crippen LogP contribution < -0.4 is 4.74 Å². The second kappa shape index (κ2) is 5.35. The zero-order chi connectivity index (χ0) is 13.9. The van der Waals surface area contributed by atoms with E-state index < -0.39 is 0 Å². The van der Waals surface area contributed by atoms with E-state index in [2.05, 4.69) is 17.2 Å². The number of nitrogens with one attached hydrogen (secondary N) is 1. The molecule has 0 aliphatic heterocycles. The fourth-order valence-electron chi connectivity index (χ4n) is 2.08. The number of nitrogens with zero attached hydrogens (tertiary/aromatic N) is 1. The first-order chi connectivity index (χ1) is 9.78. The highest BCUT2D eigenvalue weighted by atomic mass is 32.1. The molecular formula is C16H14N2OS. The molecule has 0 saturated carbocycles. The lowest BCUT2D eigenvalue weighted by molar-refractivity contribution is 0.414. The average molecular weight is 282 g/mol. The number of hydrogen-bond acceptors (Lipinski definition) is 2. The summed E-state index contributed by atoms with van der Waals surface area (Å²) < 4.78 is 7.79. The van der Waals surface area contributed by atoms with Crippen LogP contribution in [0.3, 0.4) is 0 Å². The minimum absolute atomic E-state index is 0.744. The van der Waals surface area contributed by atoms with Crippen molar-refractivity contribution >= 4 is 12.2 Å². The van der Waals surface area contributed by atoms with Gasteiger partial charge in [-0.2, -0.15) is 0 Å². The number of rotatable bonds is 3. The maximum absolute atomic E-state index is 5.42. The van der Waals surface area contributed by atoms with E-state index in [9.17, 15) is 0 Å². The van der Waals surface area contributed by atoms with Gasteiger partial charge in [-0.05, 0) is 29.8 Å². The Labute approximate surface area is 122 Å². The van der Waals surface area contributed by atoms with E-state index >= 15 is 0 Å². The fraction of sp³-hybridized carbons (Fsp3) is 0.0625. The van der Waals surface area contributed by atoms with Gasteiger partial charge >= 0.3 is 0 Å². The van der Waals surface area contributed by atoms with Gasteiger partial charge in [0.05, 0.1) is 18.5 Å². The topological polar surface area (TPSA) is 29.9 Å². The Balaban J connectivity index is 2.02. The molecule has 0 aliphatic rings. The molecule has 1 N–H and O–H groups in total. The number of hydrogen-bond donors (Lipinski definition) is 1. The maximum atomic E-state index is 5.42. The van der Waals surface area contributed by atoms with Crippen LogP contribution >= 0.6 is 12.2 Å². The Morgan fingerprint density at radius 3 is 2.35 bits per heavy atom. The van der Waals surface area contributed by atoms with E-state index in [0.717, 1.165) is 27.3 Å². The normalized spacial score (nSPS) is 10.4. The molecule has 4 heteroatoms. The van der Waals surface area contributed by atoms with E-state index in [1.165, 1.54) is 0 Å². The summed E-state index contributed by atoms with van der Waals surface area (Å²) >= 11 is 5.42. The highest BCUT2D eigenvalue weighted by Crippen LogP contribution is 2.20. The van der Waals surface area contributed by atoms with Crippen LogP contribution in [-0.2, 0) is 0 Å².